The number of esters is 1. The third-order valence-electron chi connectivity index (χ3n) is 6.59. The Morgan fingerprint density at radius 1 is 1.06 bits per heavy atom. The molecule has 0 bridgehead atoms. The summed E-state index contributed by atoms with van der Waals surface area (Å²) < 4.78 is 10.5. The second-order valence-electron chi connectivity index (χ2n) is 8.74. The maximum atomic E-state index is 13.7. The molecule has 8 nitrogen and oxygen atoms in total. The van der Waals surface area contributed by atoms with E-state index in [0.29, 0.717) is 11.4 Å². The van der Waals surface area contributed by atoms with Crippen LogP contribution in [0, 0.1) is 11.8 Å². The van der Waals surface area contributed by atoms with Crippen molar-refractivity contribution < 1.29 is 23.9 Å². The maximum Gasteiger partial charge on any atom is 0.326 e. The molecule has 0 aromatic heterocycles. The van der Waals surface area contributed by atoms with Crippen molar-refractivity contribution in [3.8, 4) is 5.75 Å². The van der Waals surface area contributed by atoms with E-state index in [1.54, 1.807) is 45.2 Å². The van der Waals surface area contributed by atoms with Crippen LogP contribution in [0.15, 0.2) is 48.5 Å². The van der Waals surface area contributed by atoms with Crippen molar-refractivity contribution in [3.63, 3.8) is 0 Å². The Morgan fingerprint density at radius 2 is 1.70 bits per heavy atom. The lowest BCUT2D eigenvalue weighted by atomic mass is 9.80. The lowest BCUT2D eigenvalue weighted by Gasteiger charge is -2.29. The minimum absolute atomic E-state index is 0.181. The minimum atomic E-state index is -1.33. The smallest absolute Gasteiger partial charge is 0.326 e. The van der Waals surface area contributed by atoms with Gasteiger partial charge >= 0.3 is 5.97 Å². The molecule has 174 valence electrons. The van der Waals surface area contributed by atoms with Gasteiger partial charge in [0.1, 0.15) is 11.3 Å². The summed E-state index contributed by atoms with van der Waals surface area (Å²) in [6.07, 6.45) is 0. The van der Waals surface area contributed by atoms with Gasteiger partial charge in [0, 0.05) is 25.8 Å². The Labute approximate surface area is 193 Å². The van der Waals surface area contributed by atoms with Crippen molar-refractivity contribution in [2.45, 2.75) is 25.4 Å². The first-order chi connectivity index (χ1) is 15.7. The summed E-state index contributed by atoms with van der Waals surface area (Å²) >= 11 is 0. The summed E-state index contributed by atoms with van der Waals surface area (Å²) in [7, 11) is 5.44. The van der Waals surface area contributed by atoms with Crippen LogP contribution in [-0.2, 0) is 19.1 Å². The predicted octanol–water partition coefficient (Wildman–Crippen LogP) is 2.53. The van der Waals surface area contributed by atoms with Crippen molar-refractivity contribution in [1.82, 2.24) is 5.32 Å². The quantitative estimate of drug-likeness (QED) is 0.533. The van der Waals surface area contributed by atoms with Gasteiger partial charge < -0.3 is 14.4 Å². The number of methoxy groups -OCH3 is 1. The number of carbonyl (C=O) groups excluding carboxylic acids is 3. The third-order valence-corrected chi connectivity index (χ3v) is 6.59. The van der Waals surface area contributed by atoms with Gasteiger partial charge in [-0.15, -0.1) is 0 Å². The topological polar surface area (TPSA) is 88.2 Å². The first kappa shape index (κ1) is 22.8. The summed E-state index contributed by atoms with van der Waals surface area (Å²) in [6, 6.07) is 14.0. The van der Waals surface area contributed by atoms with Crippen molar-refractivity contribution in [3.05, 3.63) is 54.1 Å². The molecule has 1 N–H and O–H groups in total. The fourth-order valence-electron chi connectivity index (χ4n) is 4.86. The number of imide groups is 1. The molecule has 2 fully saturated rings. The van der Waals surface area contributed by atoms with E-state index in [0.717, 1.165) is 11.3 Å². The van der Waals surface area contributed by atoms with E-state index in [-0.39, 0.29) is 12.5 Å². The molecule has 0 unspecified atom stereocenters. The van der Waals surface area contributed by atoms with Crippen LogP contribution in [-0.4, -0.2) is 51.1 Å². The van der Waals surface area contributed by atoms with Gasteiger partial charge in [-0.05, 0) is 55.8 Å². The zero-order chi connectivity index (χ0) is 23.9. The van der Waals surface area contributed by atoms with E-state index >= 15 is 0 Å². The predicted molar refractivity (Wildman–Crippen MR) is 124 cm³/mol. The molecule has 4 rings (SSSR count). The Morgan fingerprint density at radius 3 is 2.24 bits per heavy atom. The first-order valence-corrected chi connectivity index (χ1v) is 11.0. The first-order valence-electron chi connectivity index (χ1n) is 11.0. The van der Waals surface area contributed by atoms with Gasteiger partial charge in [0.25, 0.3) is 0 Å². The average molecular weight is 452 g/mol. The Kier molecular flexibility index (Phi) is 5.88. The maximum absolute atomic E-state index is 13.7. The molecule has 8 heteroatoms. The minimum Gasteiger partial charge on any atom is -0.497 e. The van der Waals surface area contributed by atoms with Crippen LogP contribution in [0.25, 0.3) is 0 Å². The summed E-state index contributed by atoms with van der Waals surface area (Å²) in [6.45, 7) is 3.55. The molecule has 0 saturated carbocycles. The molecule has 0 radical (unpaired) electrons. The molecule has 2 amide bonds. The van der Waals surface area contributed by atoms with Crippen molar-refractivity contribution in [2.24, 2.45) is 11.8 Å². The molecule has 2 aromatic carbocycles. The summed E-state index contributed by atoms with van der Waals surface area (Å²) in [5, 5.41) is 3.29. The Hall–Kier alpha value is -3.39. The molecular weight excluding hydrogens is 422 g/mol. The number of nitrogens with zero attached hydrogens (tertiary/aromatic N) is 2. The molecule has 4 atom stereocenters. The van der Waals surface area contributed by atoms with Crippen LogP contribution in [0.5, 0.6) is 5.75 Å². The number of fused-ring (bicyclic) bond motifs is 1. The highest BCUT2D eigenvalue weighted by molar-refractivity contribution is 6.24. The average Bonchev–Trinajstić information content (AvgIpc) is 3.27. The number of anilines is 2. The van der Waals surface area contributed by atoms with Crippen LogP contribution in [0.1, 0.15) is 25.5 Å². The van der Waals surface area contributed by atoms with E-state index in [2.05, 4.69) is 5.32 Å². The normalized spacial score (nSPS) is 26.3. The van der Waals surface area contributed by atoms with Gasteiger partial charge in [-0.2, -0.15) is 0 Å². The van der Waals surface area contributed by atoms with E-state index in [9.17, 15) is 14.4 Å². The molecule has 2 aliphatic heterocycles. The molecule has 0 aliphatic carbocycles. The molecule has 2 aliphatic rings. The number of carbonyl (C=O) groups is 3. The van der Waals surface area contributed by atoms with Gasteiger partial charge in [-0.3, -0.25) is 19.7 Å². The number of rotatable bonds is 6. The largest absolute Gasteiger partial charge is 0.497 e. The van der Waals surface area contributed by atoms with Crippen molar-refractivity contribution >= 4 is 29.2 Å². The molecule has 2 aromatic rings. The zero-order valence-corrected chi connectivity index (χ0v) is 19.5. The van der Waals surface area contributed by atoms with Crippen molar-refractivity contribution in [1.29, 1.82) is 0 Å². The second-order valence-corrected chi connectivity index (χ2v) is 8.74. The number of nitrogens with one attached hydrogen (secondary N) is 1. The standard InChI is InChI=1S/C25H29N3O5/c1-6-33-24(31)25(2)20-19(21(26-25)15-7-9-16(10-8-15)27(3)4)22(29)28(23(20)30)17-11-13-18(32-5)14-12-17/h7-14,19-21,26H,6H2,1-5H3/t19-,20-,21-,25-/m1/s1. The highest BCUT2D eigenvalue weighted by Crippen LogP contribution is 2.50. The van der Waals surface area contributed by atoms with Crippen molar-refractivity contribution in [2.75, 3.05) is 37.6 Å². The van der Waals surface area contributed by atoms with E-state index in [4.69, 9.17) is 9.47 Å². The highest BCUT2D eigenvalue weighted by atomic mass is 16.5. The van der Waals surface area contributed by atoms with E-state index < -0.39 is 35.3 Å². The highest BCUT2D eigenvalue weighted by Gasteiger charge is 2.67. The summed E-state index contributed by atoms with van der Waals surface area (Å²) in [5.41, 5.74) is 0.962. The summed E-state index contributed by atoms with van der Waals surface area (Å²) in [4.78, 5) is 43.5. The number of benzene rings is 2. The number of ether oxygens (including phenoxy) is 2. The monoisotopic (exact) mass is 451 g/mol. The third kappa shape index (κ3) is 3.64. The van der Waals surface area contributed by atoms with Crippen LogP contribution in [0.2, 0.25) is 0 Å². The lowest BCUT2D eigenvalue weighted by molar-refractivity contribution is -0.153. The zero-order valence-electron chi connectivity index (χ0n) is 19.5. The lowest BCUT2D eigenvalue weighted by Crippen LogP contribution is -2.54. The van der Waals surface area contributed by atoms with Crippen LogP contribution >= 0.6 is 0 Å². The fraction of sp³-hybridized carbons (Fsp3) is 0.400. The number of hydrogen-bond donors (Lipinski definition) is 1. The Balaban J connectivity index is 1.77. The second kappa shape index (κ2) is 8.51. The van der Waals surface area contributed by atoms with Gasteiger partial charge in [-0.25, -0.2) is 4.90 Å². The number of hydrogen-bond acceptors (Lipinski definition) is 7. The fourth-order valence-corrected chi connectivity index (χ4v) is 4.86. The molecule has 2 heterocycles. The van der Waals surface area contributed by atoms with E-state index in [1.165, 1.54) is 4.90 Å². The van der Waals surface area contributed by atoms with Crippen LogP contribution in [0.3, 0.4) is 0 Å². The molecule has 2 saturated heterocycles. The van der Waals surface area contributed by atoms with Gasteiger partial charge in [0.15, 0.2) is 0 Å². The van der Waals surface area contributed by atoms with Crippen LogP contribution < -0.4 is 19.9 Å². The van der Waals surface area contributed by atoms with Gasteiger partial charge in [-0.1, -0.05) is 12.1 Å². The van der Waals surface area contributed by atoms with Crippen LogP contribution in [0.4, 0.5) is 11.4 Å². The molecular formula is C25H29N3O5. The van der Waals surface area contributed by atoms with E-state index in [1.807, 2.05) is 43.3 Å². The van der Waals surface area contributed by atoms with Gasteiger partial charge in [0.05, 0.1) is 31.2 Å². The van der Waals surface area contributed by atoms with Gasteiger partial charge in [0.2, 0.25) is 11.8 Å². The molecule has 33 heavy (non-hydrogen) atoms. The SMILES string of the molecule is CCOC(=O)[C@]1(C)N[C@H](c2ccc(N(C)C)cc2)[C@@H]2C(=O)N(c3ccc(OC)cc3)C(=O)[C@@H]21. The molecule has 0 spiro atoms. The Bertz CT molecular complexity index is 1070. The summed E-state index contributed by atoms with van der Waals surface area (Å²) in [5.74, 6) is -2.29. The number of amides is 2.